The van der Waals surface area contributed by atoms with Crippen LogP contribution >= 0.6 is 0 Å². The number of piperidine rings is 1. The molecule has 1 heterocycles. The number of rotatable bonds is 5. The summed E-state index contributed by atoms with van der Waals surface area (Å²) in [7, 11) is 0. The van der Waals surface area contributed by atoms with Crippen LogP contribution in [0.5, 0.6) is 0 Å². The zero-order valence-electron chi connectivity index (χ0n) is 14.3. The van der Waals surface area contributed by atoms with Gasteiger partial charge in [0.05, 0.1) is 0 Å². The van der Waals surface area contributed by atoms with E-state index >= 15 is 0 Å². The van der Waals surface area contributed by atoms with Crippen molar-refractivity contribution in [1.82, 2.24) is 10.2 Å². The van der Waals surface area contributed by atoms with Crippen molar-refractivity contribution in [1.29, 1.82) is 0 Å². The number of hydrogen-bond donors (Lipinski definition) is 1. The second-order valence-corrected chi connectivity index (χ2v) is 8.24. The Morgan fingerprint density at radius 2 is 2.05 bits per heavy atom. The fourth-order valence-corrected chi connectivity index (χ4v) is 4.33. The maximum Gasteiger partial charge on any atom is 0.0108 e. The molecule has 3 unspecified atom stereocenters. The molecule has 1 saturated heterocycles. The Kier molecular flexibility index (Phi) is 5.92. The normalized spacial score (nSPS) is 35.1. The third kappa shape index (κ3) is 4.73. The standard InChI is InChI=1S/C18H36N2/c1-5-10-19-17-8-7-15(2)12-16(17)13-20-11-6-9-18(3,4)14-20/h15-17,19H,5-14H2,1-4H3. The van der Waals surface area contributed by atoms with Crippen LogP contribution in [-0.2, 0) is 0 Å². The van der Waals surface area contributed by atoms with Gasteiger partial charge in [0.15, 0.2) is 0 Å². The topological polar surface area (TPSA) is 15.3 Å². The molecule has 0 aromatic carbocycles. The molecule has 0 spiro atoms. The van der Waals surface area contributed by atoms with Gasteiger partial charge in [0.2, 0.25) is 0 Å². The maximum atomic E-state index is 3.83. The minimum atomic E-state index is 0.533. The second kappa shape index (κ2) is 7.26. The summed E-state index contributed by atoms with van der Waals surface area (Å²) in [6.07, 6.45) is 8.30. The molecule has 1 aliphatic heterocycles. The minimum absolute atomic E-state index is 0.533. The molecule has 2 rings (SSSR count). The van der Waals surface area contributed by atoms with E-state index in [4.69, 9.17) is 0 Å². The van der Waals surface area contributed by atoms with Crippen molar-refractivity contribution in [2.24, 2.45) is 17.3 Å². The highest BCUT2D eigenvalue weighted by atomic mass is 15.1. The summed E-state index contributed by atoms with van der Waals surface area (Å²) < 4.78 is 0. The van der Waals surface area contributed by atoms with E-state index in [1.54, 1.807) is 0 Å². The van der Waals surface area contributed by atoms with Crippen LogP contribution < -0.4 is 5.32 Å². The smallest absolute Gasteiger partial charge is 0.0108 e. The quantitative estimate of drug-likeness (QED) is 0.821. The minimum Gasteiger partial charge on any atom is -0.314 e. The summed E-state index contributed by atoms with van der Waals surface area (Å²) in [5.74, 6) is 1.80. The number of nitrogens with zero attached hydrogens (tertiary/aromatic N) is 1. The average Bonchev–Trinajstić information content (AvgIpc) is 2.37. The van der Waals surface area contributed by atoms with Crippen LogP contribution in [0.1, 0.15) is 66.2 Å². The van der Waals surface area contributed by atoms with Crippen molar-refractivity contribution in [2.45, 2.75) is 72.3 Å². The van der Waals surface area contributed by atoms with Crippen molar-refractivity contribution in [3.8, 4) is 0 Å². The summed E-state index contributed by atoms with van der Waals surface area (Å²) in [5, 5.41) is 3.83. The van der Waals surface area contributed by atoms with Crippen LogP contribution in [0.2, 0.25) is 0 Å². The van der Waals surface area contributed by atoms with Crippen LogP contribution in [-0.4, -0.2) is 37.1 Å². The lowest BCUT2D eigenvalue weighted by Crippen LogP contribution is -2.49. The SMILES string of the molecule is CCCNC1CCC(C)CC1CN1CCCC(C)(C)C1. The first-order valence-corrected chi connectivity index (χ1v) is 8.96. The van der Waals surface area contributed by atoms with Gasteiger partial charge in [-0.15, -0.1) is 0 Å². The Balaban J connectivity index is 1.89. The zero-order valence-corrected chi connectivity index (χ0v) is 14.3. The summed E-state index contributed by atoms with van der Waals surface area (Å²) >= 11 is 0. The molecule has 0 aromatic rings. The monoisotopic (exact) mass is 280 g/mol. The summed E-state index contributed by atoms with van der Waals surface area (Å²) in [5.41, 5.74) is 0.533. The highest BCUT2D eigenvalue weighted by molar-refractivity contribution is 4.88. The van der Waals surface area contributed by atoms with Crippen molar-refractivity contribution in [3.63, 3.8) is 0 Å². The van der Waals surface area contributed by atoms with Crippen molar-refractivity contribution < 1.29 is 0 Å². The van der Waals surface area contributed by atoms with Crippen LogP contribution in [0.3, 0.4) is 0 Å². The van der Waals surface area contributed by atoms with E-state index < -0.39 is 0 Å². The molecule has 0 amide bonds. The molecule has 0 bridgehead atoms. The van der Waals surface area contributed by atoms with E-state index in [1.807, 2.05) is 0 Å². The van der Waals surface area contributed by atoms with Crippen LogP contribution in [0.25, 0.3) is 0 Å². The molecular formula is C18H36N2. The molecule has 1 saturated carbocycles. The Hall–Kier alpha value is -0.0800. The molecule has 0 aromatic heterocycles. The number of likely N-dealkylation sites (tertiary alicyclic amines) is 1. The summed E-state index contributed by atoms with van der Waals surface area (Å²) in [6.45, 7) is 14.8. The predicted molar refractivity (Wildman–Crippen MR) is 88.0 cm³/mol. The second-order valence-electron chi connectivity index (χ2n) is 8.24. The predicted octanol–water partition coefficient (Wildman–Crippen LogP) is 3.91. The van der Waals surface area contributed by atoms with Gasteiger partial charge in [0, 0.05) is 19.1 Å². The van der Waals surface area contributed by atoms with Crippen molar-refractivity contribution in [3.05, 3.63) is 0 Å². The van der Waals surface area contributed by atoms with E-state index in [2.05, 4.69) is 37.9 Å². The molecule has 2 fully saturated rings. The van der Waals surface area contributed by atoms with Crippen LogP contribution in [0, 0.1) is 17.3 Å². The Bertz CT molecular complexity index is 285. The number of hydrogen-bond acceptors (Lipinski definition) is 2. The lowest BCUT2D eigenvalue weighted by atomic mass is 9.77. The third-order valence-corrected chi connectivity index (χ3v) is 5.37. The fraction of sp³-hybridized carbons (Fsp3) is 1.00. The van der Waals surface area contributed by atoms with Gasteiger partial charge in [-0.25, -0.2) is 0 Å². The lowest BCUT2D eigenvalue weighted by molar-refractivity contribution is 0.0768. The molecule has 118 valence electrons. The zero-order chi connectivity index (χ0) is 14.6. The molecular weight excluding hydrogens is 244 g/mol. The number of nitrogens with one attached hydrogen (secondary N) is 1. The van der Waals surface area contributed by atoms with Gasteiger partial charge < -0.3 is 10.2 Å². The first-order chi connectivity index (χ1) is 9.50. The Morgan fingerprint density at radius 3 is 2.75 bits per heavy atom. The lowest BCUT2D eigenvalue weighted by Gasteiger charge is -2.43. The molecule has 20 heavy (non-hydrogen) atoms. The van der Waals surface area contributed by atoms with Crippen molar-refractivity contribution >= 4 is 0 Å². The van der Waals surface area contributed by atoms with Gasteiger partial charge in [-0.2, -0.15) is 0 Å². The molecule has 0 radical (unpaired) electrons. The molecule has 1 aliphatic carbocycles. The average molecular weight is 280 g/mol. The van der Waals surface area contributed by atoms with E-state index in [0.717, 1.165) is 17.9 Å². The first-order valence-electron chi connectivity index (χ1n) is 8.96. The summed E-state index contributed by atoms with van der Waals surface area (Å²) in [4.78, 5) is 2.76. The van der Waals surface area contributed by atoms with Gasteiger partial charge in [-0.3, -0.25) is 0 Å². The Labute approximate surface area is 126 Å². The molecule has 1 N–H and O–H groups in total. The highest BCUT2D eigenvalue weighted by Gasteiger charge is 2.32. The van der Waals surface area contributed by atoms with Gasteiger partial charge in [0.25, 0.3) is 0 Å². The first kappa shape index (κ1) is 16.3. The molecule has 3 atom stereocenters. The maximum absolute atomic E-state index is 3.83. The molecule has 2 nitrogen and oxygen atoms in total. The van der Waals surface area contributed by atoms with Crippen LogP contribution in [0.15, 0.2) is 0 Å². The van der Waals surface area contributed by atoms with Gasteiger partial charge in [-0.05, 0) is 68.9 Å². The third-order valence-electron chi connectivity index (χ3n) is 5.37. The summed E-state index contributed by atoms with van der Waals surface area (Å²) in [6, 6.07) is 0.774. The fourth-order valence-electron chi connectivity index (χ4n) is 4.33. The highest BCUT2D eigenvalue weighted by Crippen LogP contribution is 2.33. The van der Waals surface area contributed by atoms with Crippen molar-refractivity contribution in [2.75, 3.05) is 26.2 Å². The van der Waals surface area contributed by atoms with Gasteiger partial charge >= 0.3 is 0 Å². The van der Waals surface area contributed by atoms with E-state index in [1.165, 1.54) is 64.7 Å². The Morgan fingerprint density at radius 1 is 1.25 bits per heavy atom. The van der Waals surface area contributed by atoms with Gasteiger partial charge in [0.1, 0.15) is 0 Å². The van der Waals surface area contributed by atoms with E-state index in [-0.39, 0.29) is 0 Å². The molecule has 2 aliphatic rings. The van der Waals surface area contributed by atoms with Gasteiger partial charge in [-0.1, -0.05) is 27.7 Å². The van der Waals surface area contributed by atoms with E-state index in [0.29, 0.717) is 5.41 Å². The molecule has 2 heteroatoms. The van der Waals surface area contributed by atoms with E-state index in [9.17, 15) is 0 Å². The van der Waals surface area contributed by atoms with Crippen LogP contribution in [0.4, 0.5) is 0 Å². The largest absolute Gasteiger partial charge is 0.314 e.